The van der Waals surface area contributed by atoms with Crippen LogP contribution in [-0.4, -0.2) is 10.2 Å². The highest BCUT2D eigenvalue weighted by molar-refractivity contribution is 14.1. The average Bonchev–Trinajstić information content (AvgIpc) is 2.08. The molecule has 0 unspecified atom stereocenters. The van der Waals surface area contributed by atoms with Crippen LogP contribution in [0.25, 0.3) is 0 Å². The lowest BCUT2D eigenvalue weighted by Gasteiger charge is -2.16. The summed E-state index contributed by atoms with van der Waals surface area (Å²) in [5, 5.41) is 2.72. The van der Waals surface area contributed by atoms with Gasteiger partial charge in [0.05, 0.1) is 10.0 Å². The molecule has 0 fully saturated rings. The van der Waals surface area contributed by atoms with Gasteiger partial charge in [-0.3, -0.25) is 4.79 Å². The number of rotatable bonds is 2. The number of halogens is 3. The van der Waals surface area contributed by atoms with E-state index in [-0.39, 0.29) is 11.7 Å². The standard InChI is InChI=1S/C10H10BrFINO/c1-10(2,11)9(15)14-8-4-3-6(12)5-7(8)13/h3-5H,1-2H3,(H,14,15). The Morgan fingerprint density at radius 3 is 2.60 bits per heavy atom. The monoisotopic (exact) mass is 385 g/mol. The molecule has 1 aromatic rings. The quantitative estimate of drug-likeness (QED) is 0.612. The van der Waals surface area contributed by atoms with Gasteiger partial charge < -0.3 is 5.32 Å². The van der Waals surface area contributed by atoms with Crippen LogP contribution >= 0.6 is 38.5 Å². The Bertz CT molecular complexity index is 389. The van der Waals surface area contributed by atoms with Crippen LogP contribution in [0.5, 0.6) is 0 Å². The van der Waals surface area contributed by atoms with Gasteiger partial charge in [0.25, 0.3) is 0 Å². The van der Waals surface area contributed by atoms with Crippen molar-refractivity contribution in [3.8, 4) is 0 Å². The highest BCUT2D eigenvalue weighted by atomic mass is 127. The van der Waals surface area contributed by atoms with Crippen LogP contribution < -0.4 is 5.32 Å². The molecule has 0 radical (unpaired) electrons. The van der Waals surface area contributed by atoms with Crippen LogP contribution in [0.1, 0.15) is 13.8 Å². The summed E-state index contributed by atoms with van der Waals surface area (Å²) in [6, 6.07) is 4.24. The van der Waals surface area contributed by atoms with Crippen molar-refractivity contribution >= 4 is 50.1 Å². The summed E-state index contributed by atoms with van der Waals surface area (Å²) in [4.78, 5) is 11.6. The molecule has 0 aromatic heterocycles. The molecule has 0 spiro atoms. The SMILES string of the molecule is CC(C)(Br)C(=O)Nc1ccc(F)cc1I. The molecule has 5 heteroatoms. The Morgan fingerprint density at radius 1 is 1.53 bits per heavy atom. The number of carbonyl (C=O) groups is 1. The second-order valence-electron chi connectivity index (χ2n) is 3.55. The summed E-state index contributed by atoms with van der Waals surface area (Å²) in [5.41, 5.74) is 0.620. The topological polar surface area (TPSA) is 29.1 Å². The Balaban J connectivity index is 2.87. The van der Waals surface area contributed by atoms with Crippen molar-refractivity contribution in [1.82, 2.24) is 0 Å². The number of carbonyl (C=O) groups excluding carboxylic acids is 1. The summed E-state index contributed by atoms with van der Waals surface area (Å²) in [6.45, 7) is 3.50. The predicted molar refractivity (Wildman–Crippen MR) is 70.8 cm³/mol. The van der Waals surface area contributed by atoms with Crippen molar-refractivity contribution in [3.05, 3.63) is 27.6 Å². The molecule has 0 aliphatic rings. The van der Waals surface area contributed by atoms with Gasteiger partial charge in [-0.25, -0.2) is 4.39 Å². The number of amides is 1. The number of hydrogen-bond donors (Lipinski definition) is 1. The molecular weight excluding hydrogens is 376 g/mol. The summed E-state index contributed by atoms with van der Waals surface area (Å²) in [6.07, 6.45) is 0. The van der Waals surface area contributed by atoms with E-state index in [0.29, 0.717) is 9.26 Å². The fraction of sp³-hybridized carbons (Fsp3) is 0.300. The van der Waals surface area contributed by atoms with Crippen LogP contribution in [0.2, 0.25) is 0 Å². The number of anilines is 1. The van der Waals surface area contributed by atoms with Crippen LogP contribution in [0.15, 0.2) is 18.2 Å². The van der Waals surface area contributed by atoms with Crippen LogP contribution in [0.3, 0.4) is 0 Å². The van der Waals surface area contributed by atoms with Gasteiger partial charge in [-0.05, 0) is 54.6 Å². The molecule has 0 saturated heterocycles. The van der Waals surface area contributed by atoms with Gasteiger partial charge in [0, 0.05) is 3.57 Å². The van der Waals surface area contributed by atoms with Crippen LogP contribution in [-0.2, 0) is 4.79 Å². The molecule has 0 heterocycles. The first-order valence-electron chi connectivity index (χ1n) is 4.26. The Labute approximate surface area is 110 Å². The molecule has 2 nitrogen and oxygen atoms in total. The molecule has 0 saturated carbocycles. The van der Waals surface area contributed by atoms with E-state index in [1.807, 2.05) is 22.6 Å². The van der Waals surface area contributed by atoms with Crippen molar-refractivity contribution in [3.63, 3.8) is 0 Å². The average molecular weight is 386 g/mol. The van der Waals surface area contributed by atoms with Crippen molar-refractivity contribution in [2.75, 3.05) is 5.32 Å². The van der Waals surface area contributed by atoms with Crippen LogP contribution in [0, 0.1) is 9.39 Å². The molecule has 15 heavy (non-hydrogen) atoms. The molecule has 0 bridgehead atoms. The van der Waals surface area contributed by atoms with E-state index in [9.17, 15) is 9.18 Å². The lowest BCUT2D eigenvalue weighted by molar-refractivity contribution is -0.117. The molecule has 0 aliphatic heterocycles. The zero-order chi connectivity index (χ0) is 11.6. The van der Waals surface area contributed by atoms with Gasteiger partial charge in [-0.1, -0.05) is 15.9 Å². The number of alkyl halides is 1. The summed E-state index contributed by atoms with van der Waals surface area (Å²) < 4.78 is 12.8. The third-order valence-electron chi connectivity index (χ3n) is 1.72. The molecule has 82 valence electrons. The van der Waals surface area contributed by atoms with E-state index in [1.54, 1.807) is 19.9 Å². The second kappa shape index (κ2) is 4.78. The third kappa shape index (κ3) is 3.71. The number of nitrogens with one attached hydrogen (secondary N) is 1. The van der Waals surface area contributed by atoms with E-state index in [4.69, 9.17) is 0 Å². The minimum Gasteiger partial charge on any atom is -0.324 e. The molecule has 1 rings (SSSR count). The lowest BCUT2D eigenvalue weighted by Crippen LogP contribution is -2.31. The maximum atomic E-state index is 12.8. The maximum absolute atomic E-state index is 12.8. The summed E-state index contributed by atoms with van der Waals surface area (Å²) in [7, 11) is 0. The van der Waals surface area contributed by atoms with Gasteiger partial charge in [0.15, 0.2) is 0 Å². The zero-order valence-electron chi connectivity index (χ0n) is 8.27. The van der Waals surface area contributed by atoms with Gasteiger partial charge in [0.1, 0.15) is 5.82 Å². The van der Waals surface area contributed by atoms with Gasteiger partial charge in [-0.15, -0.1) is 0 Å². The number of hydrogen-bond acceptors (Lipinski definition) is 1. The largest absolute Gasteiger partial charge is 0.324 e. The molecule has 0 atom stereocenters. The molecule has 0 aliphatic carbocycles. The van der Waals surface area contributed by atoms with E-state index in [0.717, 1.165) is 0 Å². The van der Waals surface area contributed by atoms with Crippen molar-refractivity contribution in [2.24, 2.45) is 0 Å². The lowest BCUT2D eigenvalue weighted by atomic mass is 10.2. The summed E-state index contributed by atoms with van der Waals surface area (Å²) >= 11 is 5.23. The Kier molecular flexibility index (Phi) is 4.11. The van der Waals surface area contributed by atoms with Crippen LogP contribution in [0.4, 0.5) is 10.1 Å². The van der Waals surface area contributed by atoms with Crippen molar-refractivity contribution in [2.45, 2.75) is 18.2 Å². The zero-order valence-corrected chi connectivity index (χ0v) is 12.0. The maximum Gasteiger partial charge on any atom is 0.240 e. The van der Waals surface area contributed by atoms with Gasteiger partial charge >= 0.3 is 0 Å². The molecule has 1 aromatic carbocycles. The number of benzene rings is 1. The normalized spacial score (nSPS) is 11.3. The minimum absolute atomic E-state index is 0.160. The van der Waals surface area contributed by atoms with E-state index >= 15 is 0 Å². The second-order valence-corrected chi connectivity index (χ2v) is 6.70. The molecular formula is C10H10BrFINO. The first-order valence-corrected chi connectivity index (χ1v) is 6.13. The fourth-order valence-corrected chi connectivity index (χ4v) is 1.57. The summed E-state index contributed by atoms with van der Waals surface area (Å²) in [5.74, 6) is -0.470. The first-order chi connectivity index (χ1) is 6.80. The Hall–Kier alpha value is -0.170. The van der Waals surface area contributed by atoms with Crippen molar-refractivity contribution < 1.29 is 9.18 Å². The van der Waals surface area contributed by atoms with E-state index in [2.05, 4.69) is 21.2 Å². The Morgan fingerprint density at radius 2 is 2.13 bits per heavy atom. The predicted octanol–water partition coefficient (Wildman–Crippen LogP) is 3.54. The third-order valence-corrected chi connectivity index (χ3v) is 2.97. The highest BCUT2D eigenvalue weighted by Crippen LogP contribution is 2.23. The first kappa shape index (κ1) is 12.9. The molecule has 1 N–H and O–H groups in total. The molecule has 1 amide bonds. The van der Waals surface area contributed by atoms with Crippen molar-refractivity contribution in [1.29, 1.82) is 0 Å². The van der Waals surface area contributed by atoms with E-state index in [1.165, 1.54) is 12.1 Å². The smallest absolute Gasteiger partial charge is 0.240 e. The van der Waals surface area contributed by atoms with Gasteiger partial charge in [-0.2, -0.15) is 0 Å². The highest BCUT2D eigenvalue weighted by Gasteiger charge is 2.24. The minimum atomic E-state index is -0.634. The van der Waals surface area contributed by atoms with Gasteiger partial charge in [0.2, 0.25) is 5.91 Å². The fourth-order valence-electron chi connectivity index (χ4n) is 0.862. The van der Waals surface area contributed by atoms with E-state index < -0.39 is 4.32 Å².